The summed E-state index contributed by atoms with van der Waals surface area (Å²) < 4.78 is 0.983. The Morgan fingerprint density at radius 2 is 2.17 bits per heavy atom. The molecular formula is C13H16BrN3O. The van der Waals surface area contributed by atoms with Crippen LogP contribution in [-0.4, -0.2) is 36.9 Å². The molecule has 1 aromatic heterocycles. The standard InChI is InChI=1S/C13H16BrN3O/c1-15-13(18)11-6-16-12-8(7-17(2)3)4-9(14)5-10(11)12/h4-6,16H,7H2,1-3H3,(H,15,18). The van der Waals surface area contributed by atoms with Gasteiger partial charge in [0, 0.05) is 29.6 Å². The van der Waals surface area contributed by atoms with E-state index in [1.807, 2.05) is 20.2 Å². The molecule has 1 aromatic carbocycles. The molecule has 0 unspecified atom stereocenters. The number of H-pyrrole nitrogens is 1. The molecular weight excluding hydrogens is 294 g/mol. The van der Waals surface area contributed by atoms with Crippen molar-refractivity contribution in [1.29, 1.82) is 0 Å². The fourth-order valence-corrected chi connectivity index (χ4v) is 2.56. The van der Waals surface area contributed by atoms with Crippen molar-refractivity contribution in [1.82, 2.24) is 15.2 Å². The van der Waals surface area contributed by atoms with Crippen LogP contribution in [0.25, 0.3) is 10.9 Å². The molecule has 96 valence electrons. The maximum absolute atomic E-state index is 11.8. The minimum absolute atomic E-state index is 0.0739. The number of rotatable bonds is 3. The van der Waals surface area contributed by atoms with Gasteiger partial charge in [-0.25, -0.2) is 0 Å². The Kier molecular flexibility index (Phi) is 3.73. The van der Waals surface area contributed by atoms with Crippen molar-refractivity contribution in [2.45, 2.75) is 6.54 Å². The van der Waals surface area contributed by atoms with Crippen molar-refractivity contribution < 1.29 is 4.79 Å². The lowest BCUT2D eigenvalue weighted by Crippen LogP contribution is -2.17. The van der Waals surface area contributed by atoms with Crippen molar-refractivity contribution >= 4 is 32.7 Å². The van der Waals surface area contributed by atoms with E-state index < -0.39 is 0 Å². The van der Waals surface area contributed by atoms with Crippen LogP contribution in [0.1, 0.15) is 15.9 Å². The Morgan fingerprint density at radius 3 is 2.78 bits per heavy atom. The number of hydrogen-bond donors (Lipinski definition) is 2. The fourth-order valence-electron chi connectivity index (χ4n) is 2.06. The number of carbonyl (C=O) groups excluding carboxylic acids is 1. The van der Waals surface area contributed by atoms with Gasteiger partial charge in [-0.15, -0.1) is 0 Å². The molecule has 0 spiro atoms. The summed E-state index contributed by atoms with van der Waals surface area (Å²) in [6.07, 6.45) is 1.76. The molecule has 0 fully saturated rings. The number of fused-ring (bicyclic) bond motifs is 1. The maximum Gasteiger partial charge on any atom is 0.253 e. The number of aromatic nitrogens is 1. The summed E-state index contributed by atoms with van der Waals surface area (Å²) in [5.41, 5.74) is 2.86. The predicted octanol–water partition coefficient (Wildman–Crippen LogP) is 2.35. The molecule has 2 rings (SSSR count). The quantitative estimate of drug-likeness (QED) is 0.914. The van der Waals surface area contributed by atoms with Gasteiger partial charge in [-0.3, -0.25) is 4.79 Å². The van der Waals surface area contributed by atoms with E-state index in [4.69, 9.17) is 0 Å². The van der Waals surface area contributed by atoms with Crippen LogP contribution in [0.5, 0.6) is 0 Å². The second-order valence-corrected chi connectivity index (χ2v) is 5.42. The van der Waals surface area contributed by atoms with Crippen molar-refractivity contribution in [3.05, 3.63) is 33.9 Å². The van der Waals surface area contributed by atoms with E-state index in [1.54, 1.807) is 13.2 Å². The number of hydrogen-bond acceptors (Lipinski definition) is 2. The van der Waals surface area contributed by atoms with Gasteiger partial charge in [-0.2, -0.15) is 0 Å². The zero-order chi connectivity index (χ0) is 13.3. The normalized spacial score (nSPS) is 11.2. The molecule has 0 saturated heterocycles. The third-order valence-corrected chi connectivity index (χ3v) is 3.25. The average Bonchev–Trinajstić information content (AvgIpc) is 2.70. The number of halogens is 1. The third kappa shape index (κ3) is 2.42. The fraction of sp³-hybridized carbons (Fsp3) is 0.308. The topological polar surface area (TPSA) is 48.1 Å². The monoisotopic (exact) mass is 309 g/mol. The van der Waals surface area contributed by atoms with Gasteiger partial charge in [0.05, 0.1) is 11.1 Å². The van der Waals surface area contributed by atoms with Gasteiger partial charge in [0.15, 0.2) is 0 Å². The van der Waals surface area contributed by atoms with E-state index in [1.165, 1.54) is 5.56 Å². The molecule has 0 saturated carbocycles. The maximum atomic E-state index is 11.8. The van der Waals surface area contributed by atoms with E-state index >= 15 is 0 Å². The molecule has 0 bridgehead atoms. The van der Waals surface area contributed by atoms with Gasteiger partial charge in [-0.1, -0.05) is 15.9 Å². The third-order valence-electron chi connectivity index (χ3n) is 2.79. The molecule has 2 N–H and O–H groups in total. The highest BCUT2D eigenvalue weighted by molar-refractivity contribution is 9.10. The molecule has 18 heavy (non-hydrogen) atoms. The summed E-state index contributed by atoms with van der Waals surface area (Å²) in [7, 11) is 5.69. The molecule has 0 radical (unpaired) electrons. The molecule has 0 atom stereocenters. The van der Waals surface area contributed by atoms with Crippen LogP contribution in [-0.2, 0) is 6.54 Å². The van der Waals surface area contributed by atoms with Crippen LogP contribution >= 0.6 is 15.9 Å². The summed E-state index contributed by atoms with van der Waals surface area (Å²) in [5.74, 6) is -0.0739. The highest BCUT2D eigenvalue weighted by atomic mass is 79.9. The second-order valence-electron chi connectivity index (χ2n) is 4.51. The number of carbonyl (C=O) groups is 1. The number of nitrogens with zero attached hydrogens (tertiary/aromatic N) is 1. The van der Waals surface area contributed by atoms with Crippen LogP contribution in [0.3, 0.4) is 0 Å². The lowest BCUT2D eigenvalue weighted by molar-refractivity contribution is 0.0965. The van der Waals surface area contributed by atoms with Crippen LogP contribution in [0.4, 0.5) is 0 Å². The van der Waals surface area contributed by atoms with Crippen LogP contribution in [0.15, 0.2) is 22.8 Å². The van der Waals surface area contributed by atoms with E-state index in [0.29, 0.717) is 5.56 Å². The molecule has 4 nitrogen and oxygen atoms in total. The SMILES string of the molecule is CNC(=O)c1c[nH]c2c(CN(C)C)cc(Br)cc12. The first-order valence-electron chi connectivity index (χ1n) is 5.69. The zero-order valence-corrected chi connectivity index (χ0v) is 12.3. The molecule has 0 aliphatic heterocycles. The van der Waals surface area contributed by atoms with Crippen molar-refractivity contribution in [2.24, 2.45) is 0 Å². The minimum atomic E-state index is -0.0739. The summed E-state index contributed by atoms with van der Waals surface area (Å²) in [6, 6.07) is 4.04. The van der Waals surface area contributed by atoms with Crippen molar-refractivity contribution in [2.75, 3.05) is 21.1 Å². The first kappa shape index (κ1) is 13.1. The van der Waals surface area contributed by atoms with Gasteiger partial charge in [0.25, 0.3) is 5.91 Å². The lowest BCUT2D eigenvalue weighted by Gasteiger charge is -2.11. The first-order chi connectivity index (χ1) is 8.52. The highest BCUT2D eigenvalue weighted by Crippen LogP contribution is 2.27. The minimum Gasteiger partial charge on any atom is -0.360 e. The molecule has 2 aromatic rings. The van der Waals surface area contributed by atoms with Crippen molar-refractivity contribution in [3.8, 4) is 0 Å². The van der Waals surface area contributed by atoms with E-state index in [2.05, 4.69) is 37.2 Å². The Balaban J connectivity index is 2.61. The largest absolute Gasteiger partial charge is 0.360 e. The summed E-state index contributed by atoms with van der Waals surface area (Å²) in [4.78, 5) is 17.1. The average molecular weight is 310 g/mol. The predicted molar refractivity (Wildman–Crippen MR) is 76.8 cm³/mol. The summed E-state index contributed by atoms with van der Waals surface area (Å²) in [6.45, 7) is 0.823. The Hall–Kier alpha value is -1.33. The highest BCUT2D eigenvalue weighted by Gasteiger charge is 2.14. The van der Waals surface area contributed by atoms with Gasteiger partial charge in [0.1, 0.15) is 0 Å². The summed E-state index contributed by atoms with van der Waals surface area (Å²) in [5, 5.41) is 3.60. The second kappa shape index (κ2) is 5.12. The molecule has 1 heterocycles. The first-order valence-corrected chi connectivity index (χ1v) is 6.48. The van der Waals surface area contributed by atoms with E-state index in [-0.39, 0.29) is 5.91 Å². The smallest absolute Gasteiger partial charge is 0.253 e. The van der Waals surface area contributed by atoms with Crippen molar-refractivity contribution in [3.63, 3.8) is 0 Å². The Bertz CT molecular complexity index is 589. The summed E-state index contributed by atoms with van der Waals surface area (Å²) >= 11 is 3.50. The molecule has 5 heteroatoms. The van der Waals surface area contributed by atoms with Crippen LogP contribution < -0.4 is 5.32 Å². The van der Waals surface area contributed by atoms with Crippen LogP contribution in [0, 0.1) is 0 Å². The van der Waals surface area contributed by atoms with Gasteiger partial charge in [-0.05, 0) is 31.8 Å². The number of benzene rings is 1. The zero-order valence-electron chi connectivity index (χ0n) is 10.7. The van der Waals surface area contributed by atoms with Gasteiger partial charge < -0.3 is 15.2 Å². The number of nitrogens with one attached hydrogen (secondary N) is 2. The van der Waals surface area contributed by atoms with E-state index in [0.717, 1.165) is 21.9 Å². The van der Waals surface area contributed by atoms with E-state index in [9.17, 15) is 4.79 Å². The number of amides is 1. The molecule has 0 aliphatic rings. The molecule has 0 aliphatic carbocycles. The molecule has 1 amide bonds. The van der Waals surface area contributed by atoms with Crippen LogP contribution in [0.2, 0.25) is 0 Å². The Labute approximate surface area is 114 Å². The number of aromatic amines is 1. The van der Waals surface area contributed by atoms with Gasteiger partial charge in [0.2, 0.25) is 0 Å². The lowest BCUT2D eigenvalue weighted by atomic mass is 10.1. The van der Waals surface area contributed by atoms with Gasteiger partial charge >= 0.3 is 0 Å². The Morgan fingerprint density at radius 1 is 1.44 bits per heavy atom.